The molecule has 0 heterocycles. The standard InChI is InChI=1S/C19H14/c1-2-5-14(6-3-1)11-17-9-10-18-12-15-7-4-8-16(15)13-19(17)18/h1-8,10-13H,9H2. The summed E-state index contributed by atoms with van der Waals surface area (Å²) in [5.41, 5.74) is 5.43. The van der Waals surface area contributed by atoms with Crippen LogP contribution in [0.1, 0.15) is 23.1 Å². The van der Waals surface area contributed by atoms with Crippen molar-refractivity contribution >= 4 is 29.9 Å². The smallest absolute Gasteiger partial charge is 0.00819 e. The van der Waals surface area contributed by atoms with E-state index in [2.05, 4.69) is 72.8 Å². The van der Waals surface area contributed by atoms with E-state index in [4.69, 9.17) is 0 Å². The zero-order valence-electron chi connectivity index (χ0n) is 10.6. The fraction of sp³-hybridized carbons (Fsp3) is 0.0526. The SMILES string of the molecule is C1=Cc2cc3c(cc2=C1)C(=Cc1ccccc1)CC=3. The Morgan fingerprint density at radius 3 is 2.74 bits per heavy atom. The Kier molecular flexibility index (Phi) is 2.28. The van der Waals surface area contributed by atoms with Crippen molar-refractivity contribution in [1.29, 1.82) is 0 Å². The molecular formula is C19H14. The van der Waals surface area contributed by atoms with Crippen LogP contribution < -0.4 is 10.4 Å². The minimum absolute atomic E-state index is 1.04. The summed E-state index contributed by atoms with van der Waals surface area (Å²) in [6.07, 6.45) is 12.2. The highest BCUT2D eigenvalue weighted by Crippen LogP contribution is 2.23. The Bertz CT molecular complexity index is 818. The molecule has 2 aromatic carbocycles. The van der Waals surface area contributed by atoms with Crippen LogP contribution in [0.3, 0.4) is 0 Å². The molecule has 90 valence electrons. The molecule has 0 aliphatic heterocycles. The highest BCUT2D eigenvalue weighted by Gasteiger charge is 2.11. The molecule has 2 aliphatic rings. The third-order valence-electron chi connectivity index (χ3n) is 3.84. The zero-order valence-corrected chi connectivity index (χ0v) is 10.6. The van der Waals surface area contributed by atoms with Crippen molar-refractivity contribution in [2.45, 2.75) is 6.42 Å². The molecule has 2 aliphatic carbocycles. The molecule has 0 aromatic heterocycles. The molecule has 2 aromatic rings. The third-order valence-corrected chi connectivity index (χ3v) is 3.84. The van der Waals surface area contributed by atoms with Crippen LogP contribution >= 0.6 is 0 Å². The molecule has 0 nitrogen and oxygen atoms in total. The van der Waals surface area contributed by atoms with Gasteiger partial charge in [-0.3, -0.25) is 0 Å². The lowest BCUT2D eigenvalue weighted by molar-refractivity contribution is 1.49. The quantitative estimate of drug-likeness (QED) is 0.720. The number of allylic oxidation sites excluding steroid dienone is 2. The topological polar surface area (TPSA) is 0 Å². The highest BCUT2D eigenvalue weighted by atomic mass is 14.2. The van der Waals surface area contributed by atoms with Gasteiger partial charge in [0.1, 0.15) is 0 Å². The van der Waals surface area contributed by atoms with Crippen molar-refractivity contribution in [3.63, 3.8) is 0 Å². The summed E-state index contributed by atoms with van der Waals surface area (Å²) in [6.45, 7) is 0. The summed E-state index contributed by atoms with van der Waals surface area (Å²) in [4.78, 5) is 0. The largest absolute Gasteiger partial charge is 0.0722 e. The van der Waals surface area contributed by atoms with Gasteiger partial charge in [-0.1, -0.05) is 60.7 Å². The summed E-state index contributed by atoms with van der Waals surface area (Å²) < 4.78 is 0. The summed E-state index contributed by atoms with van der Waals surface area (Å²) in [7, 11) is 0. The van der Waals surface area contributed by atoms with Gasteiger partial charge in [0.15, 0.2) is 0 Å². The van der Waals surface area contributed by atoms with Crippen LogP contribution in [0.15, 0.2) is 48.5 Å². The average molecular weight is 242 g/mol. The Morgan fingerprint density at radius 2 is 1.84 bits per heavy atom. The Hall–Kier alpha value is -2.34. The maximum absolute atomic E-state index is 2.33. The average Bonchev–Trinajstić information content (AvgIpc) is 3.05. The monoisotopic (exact) mass is 242 g/mol. The molecule has 0 fully saturated rings. The summed E-state index contributed by atoms with van der Waals surface area (Å²) in [5.74, 6) is 0. The fourth-order valence-corrected chi connectivity index (χ4v) is 2.86. The fourth-order valence-electron chi connectivity index (χ4n) is 2.86. The van der Waals surface area contributed by atoms with Gasteiger partial charge in [0, 0.05) is 0 Å². The van der Waals surface area contributed by atoms with Crippen molar-refractivity contribution in [1.82, 2.24) is 0 Å². The van der Waals surface area contributed by atoms with Gasteiger partial charge >= 0.3 is 0 Å². The second-order valence-electron chi connectivity index (χ2n) is 5.08. The predicted octanol–water partition coefficient (Wildman–Crippen LogP) is 3.22. The lowest BCUT2D eigenvalue weighted by Gasteiger charge is -2.02. The van der Waals surface area contributed by atoms with Gasteiger partial charge in [0.05, 0.1) is 0 Å². The van der Waals surface area contributed by atoms with Gasteiger partial charge in [0.25, 0.3) is 0 Å². The van der Waals surface area contributed by atoms with Crippen LogP contribution in [0, 0.1) is 0 Å². The molecule has 0 heteroatoms. The zero-order chi connectivity index (χ0) is 12.7. The van der Waals surface area contributed by atoms with E-state index in [0.717, 1.165) is 6.42 Å². The van der Waals surface area contributed by atoms with Gasteiger partial charge in [-0.25, -0.2) is 0 Å². The molecule has 0 spiro atoms. The minimum atomic E-state index is 1.04. The molecule has 0 saturated heterocycles. The third kappa shape index (κ3) is 1.77. The van der Waals surface area contributed by atoms with Gasteiger partial charge in [-0.2, -0.15) is 0 Å². The number of hydrogen-bond acceptors (Lipinski definition) is 0. The Morgan fingerprint density at radius 1 is 0.947 bits per heavy atom. The molecule has 0 bridgehead atoms. The maximum atomic E-state index is 2.33. The van der Waals surface area contributed by atoms with E-state index >= 15 is 0 Å². The number of rotatable bonds is 1. The van der Waals surface area contributed by atoms with E-state index in [0.29, 0.717) is 0 Å². The Labute approximate surface area is 112 Å². The van der Waals surface area contributed by atoms with Crippen molar-refractivity contribution in [3.8, 4) is 0 Å². The first-order valence-corrected chi connectivity index (χ1v) is 6.69. The van der Waals surface area contributed by atoms with Gasteiger partial charge < -0.3 is 0 Å². The summed E-state index contributed by atoms with van der Waals surface area (Å²) in [5, 5.41) is 2.72. The van der Waals surface area contributed by atoms with E-state index in [1.807, 2.05) is 0 Å². The first-order valence-electron chi connectivity index (χ1n) is 6.69. The van der Waals surface area contributed by atoms with Crippen molar-refractivity contribution < 1.29 is 0 Å². The van der Waals surface area contributed by atoms with E-state index in [1.165, 1.54) is 32.7 Å². The lowest BCUT2D eigenvalue weighted by atomic mass is 10.0. The van der Waals surface area contributed by atoms with Crippen LogP contribution in [0.2, 0.25) is 0 Å². The molecule has 0 amide bonds. The first-order chi connectivity index (χ1) is 9.40. The van der Waals surface area contributed by atoms with E-state index < -0.39 is 0 Å². The van der Waals surface area contributed by atoms with Gasteiger partial charge in [0.2, 0.25) is 0 Å². The van der Waals surface area contributed by atoms with Crippen molar-refractivity contribution in [3.05, 3.63) is 75.7 Å². The number of benzene rings is 2. The second kappa shape index (κ2) is 4.10. The predicted molar refractivity (Wildman–Crippen MR) is 82.6 cm³/mol. The van der Waals surface area contributed by atoms with Gasteiger partial charge in [-0.05, 0) is 51.3 Å². The molecular weight excluding hydrogens is 228 g/mol. The van der Waals surface area contributed by atoms with E-state index in [9.17, 15) is 0 Å². The Balaban J connectivity index is 1.86. The van der Waals surface area contributed by atoms with Gasteiger partial charge in [-0.15, -0.1) is 0 Å². The van der Waals surface area contributed by atoms with Crippen molar-refractivity contribution in [2.24, 2.45) is 0 Å². The van der Waals surface area contributed by atoms with E-state index in [-0.39, 0.29) is 0 Å². The highest BCUT2D eigenvalue weighted by molar-refractivity contribution is 5.88. The number of hydrogen-bond donors (Lipinski definition) is 0. The summed E-state index contributed by atoms with van der Waals surface area (Å²) in [6, 6.07) is 15.2. The normalized spacial score (nSPS) is 16.9. The molecule has 0 atom stereocenters. The van der Waals surface area contributed by atoms with Crippen LogP contribution in [0.5, 0.6) is 0 Å². The van der Waals surface area contributed by atoms with Crippen LogP contribution in [-0.2, 0) is 0 Å². The molecule has 0 unspecified atom stereocenters. The molecule has 0 N–H and O–H groups in total. The maximum Gasteiger partial charge on any atom is -0.00819 e. The van der Waals surface area contributed by atoms with Crippen molar-refractivity contribution in [2.75, 3.05) is 0 Å². The lowest BCUT2D eigenvalue weighted by Crippen LogP contribution is -2.13. The second-order valence-corrected chi connectivity index (χ2v) is 5.08. The molecule has 0 saturated carbocycles. The molecule has 0 radical (unpaired) electrons. The number of fused-ring (bicyclic) bond motifs is 2. The first kappa shape index (κ1) is 10.6. The minimum Gasteiger partial charge on any atom is -0.0722 e. The van der Waals surface area contributed by atoms with E-state index in [1.54, 1.807) is 0 Å². The van der Waals surface area contributed by atoms with Crippen LogP contribution in [0.4, 0.5) is 0 Å². The van der Waals surface area contributed by atoms with Crippen LogP contribution in [-0.4, -0.2) is 0 Å². The van der Waals surface area contributed by atoms with Crippen LogP contribution in [0.25, 0.3) is 29.9 Å². The molecule has 4 rings (SSSR count). The molecule has 19 heavy (non-hydrogen) atoms. The summed E-state index contributed by atoms with van der Waals surface area (Å²) >= 11 is 0.